The Hall–Kier alpha value is -2.24. The Bertz CT molecular complexity index is 767. The molecule has 0 aromatic heterocycles. The maximum absolute atomic E-state index is 13.9. The second kappa shape index (κ2) is 9.46. The molecular weight excluding hydrogens is 357 g/mol. The van der Waals surface area contributed by atoms with Crippen LogP contribution in [0.25, 0.3) is 6.08 Å². The Labute approximate surface area is 159 Å². The highest BCUT2D eigenvalue weighted by atomic mass is 35.5. The Morgan fingerprint density at radius 1 is 1.12 bits per heavy atom. The normalized spacial score (nSPS) is 12.9. The molecule has 1 aliphatic rings. The van der Waals surface area contributed by atoms with Crippen molar-refractivity contribution in [2.75, 3.05) is 33.9 Å². The van der Waals surface area contributed by atoms with E-state index in [9.17, 15) is 4.39 Å². The van der Waals surface area contributed by atoms with Crippen molar-refractivity contribution >= 4 is 18.5 Å². The zero-order valence-electron chi connectivity index (χ0n) is 14.9. The number of hydrogen-bond donors (Lipinski definition) is 0. The number of halogens is 2. The molecule has 0 amide bonds. The molecule has 2 aromatic rings. The van der Waals surface area contributed by atoms with Gasteiger partial charge in [0.1, 0.15) is 24.8 Å². The van der Waals surface area contributed by atoms with Crippen molar-refractivity contribution in [2.24, 2.45) is 0 Å². The molecule has 1 heterocycles. The first-order chi connectivity index (χ1) is 12.2. The summed E-state index contributed by atoms with van der Waals surface area (Å²) in [6.07, 6.45) is 3.73. The molecule has 0 aliphatic carbocycles. The van der Waals surface area contributed by atoms with Gasteiger partial charge < -0.3 is 14.2 Å². The van der Waals surface area contributed by atoms with Crippen LogP contribution in [0.4, 0.5) is 4.39 Å². The summed E-state index contributed by atoms with van der Waals surface area (Å²) in [7, 11) is 3.54. The van der Waals surface area contributed by atoms with Crippen molar-refractivity contribution in [3.8, 4) is 17.2 Å². The molecule has 0 bridgehead atoms. The van der Waals surface area contributed by atoms with E-state index in [1.165, 1.54) is 13.2 Å². The van der Waals surface area contributed by atoms with Gasteiger partial charge in [-0.3, -0.25) is 4.90 Å². The van der Waals surface area contributed by atoms with Gasteiger partial charge in [-0.05, 0) is 36.9 Å². The SMILES string of the molecule is COc1ccc(/C=C/CN(C)Cc2ccc3c(c2)OCCO3)c(F)c1.Cl. The Morgan fingerprint density at radius 3 is 2.62 bits per heavy atom. The van der Waals surface area contributed by atoms with Crippen LogP contribution in [-0.4, -0.2) is 38.8 Å². The summed E-state index contributed by atoms with van der Waals surface area (Å²) >= 11 is 0. The second-order valence-corrected chi connectivity index (χ2v) is 5.96. The van der Waals surface area contributed by atoms with Gasteiger partial charge in [-0.2, -0.15) is 0 Å². The van der Waals surface area contributed by atoms with Gasteiger partial charge in [0, 0.05) is 24.7 Å². The fourth-order valence-electron chi connectivity index (χ4n) is 2.69. The molecule has 26 heavy (non-hydrogen) atoms. The number of nitrogens with zero attached hydrogens (tertiary/aromatic N) is 1. The predicted octanol–water partition coefficient (Wildman–Crippen LogP) is 4.17. The average molecular weight is 380 g/mol. The molecule has 0 saturated carbocycles. The minimum Gasteiger partial charge on any atom is -0.497 e. The van der Waals surface area contributed by atoms with Crippen LogP contribution in [0.15, 0.2) is 42.5 Å². The number of benzene rings is 2. The van der Waals surface area contributed by atoms with Crippen LogP contribution in [0.2, 0.25) is 0 Å². The zero-order chi connectivity index (χ0) is 17.6. The fraction of sp³-hybridized carbons (Fsp3) is 0.300. The Kier molecular flexibility index (Phi) is 7.30. The van der Waals surface area contributed by atoms with E-state index in [0.717, 1.165) is 23.6 Å². The summed E-state index contributed by atoms with van der Waals surface area (Å²) < 4.78 is 30.0. The lowest BCUT2D eigenvalue weighted by atomic mass is 10.1. The van der Waals surface area contributed by atoms with Crippen LogP contribution in [-0.2, 0) is 6.54 Å². The summed E-state index contributed by atoms with van der Waals surface area (Å²) in [5.74, 6) is 1.83. The van der Waals surface area contributed by atoms with Gasteiger partial charge in [-0.15, -0.1) is 12.4 Å². The first-order valence-electron chi connectivity index (χ1n) is 8.23. The smallest absolute Gasteiger partial charge is 0.161 e. The molecule has 0 spiro atoms. The second-order valence-electron chi connectivity index (χ2n) is 5.96. The summed E-state index contributed by atoms with van der Waals surface area (Å²) in [4.78, 5) is 2.14. The number of rotatable bonds is 6. The van der Waals surface area contributed by atoms with Crippen molar-refractivity contribution in [3.63, 3.8) is 0 Å². The number of fused-ring (bicyclic) bond motifs is 1. The van der Waals surface area contributed by atoms with Gasteiger partial charge in [-0.1, -0.05) is 18.2 Å². The predicted molar refractivity (Wildman–Crippen MR) is 103 cm³/mol. The summed E-state index contributed by atoms with van der Waals surface area (Å²) in [5.41, 5.74) is 1.70. The average Bonchev–Trinajstić information content (AvgIpc) is 2.63. The number of likely N-dealkylation sites (N-methyl/N-ethyl adjacent to an activating group) is 1. The van der Waals surface area contributed by atoms with Crippen molar-refractivity contribution in [1.82, 2.24) is 4.90 Å². The minimum absolute atomic E-state index is 0. The lowest BCUT2D eigenvalue weighted by Gasteiger charge is -2.20. The molecule has 1 aliphatic heterocycles. The van der Waals surface area contributed by atoms with E-state index in [2.05, 4.69) is 4.90 Å². The van der Waals surface area contributed by atoms with Crippen LogP contribution < -0.4 is 14.2 Å². The van der Waals surface area contributed by atoms with Crippen molar-refractivity contribution in [2.45, 2.75) is 6.54 Å². The van der Waals surface area contributed by atoms with Crippen LogP contribution in [0, 0.1) is 5.82 Å². The standard InChI is InChI=1S/C20H22FNO3.ClH/c1-22(9-3-4-16-6-7-17(23-2)13-18(16)21)14-15-5-8-19-20(12-15)25-11-10-24-19;/h3-8,12-13H,9-11,14H2,1-2H3;1H/b4-3+;. The summed E-state index contributed by atoms with van der Waals surface area (Å²) in [6, 6.07) is 10.8. The molecule has 6 heteroatoms. The first-order valence-corrected chi connectivity index (χ1v) is 8.23. The van der Waals surface area contributed by atoms with Crippen LogP contribution >= 0.6 is 12.4 Å². The van der Waals surface area contributed by atoms with E-state index >= 15 is 0 Å². The molecule has 2 aromatic carbocycles. The number of methoxy groups -OCH3 is 1. The third-order valence-corrected chi connectivity index (χ3v) is 3.98. The van der Waals surface area contributed by atoms with Gasteiger partial charge in [0.05, 0.1) is 7.11 Å². The molecule has 4 nitrogen and oxygen atoms in total. The van der Waals surface area contributed by atoms with Crippen LogP contribution in [0.5, 0.6) is 17.2 Å². The fourth-order valence-corrected chi connectivity index (χ4v) is 2.69. The Balaban J connectivity index is 0.00000243. The zero-order valence-corrected chi connectivity index (χ0v) is 15.7. The molecule has 0 fully saturated rings. The van der Waals surface area contributed by atoms with E-state index in [-0.39, 0.29) is 18.2 Å². The molecule has 0 N–H and O–H groups in total. The van der Waals surface area contributed by atoms with Crippen molar-refractivity contribution in [3.05, 3.63) is 59.4 Å². The highest BCUT2D eigenvalue weighted by Gasteiger charge is 2.12. The molecule has 0 saturated heterocycles. The van der Waals surface area contributed by atoms with E-state index < -0.39 is 0 Å². The van der Waals surface area contributed by atoms with Crippen molar-refractivity contribution < 1.29 is 18.6 Å². The monoisotopic (exact) mass is 379 g/mol. The van der Waals surface area contributed by atoms with Gasteiger partial charge >= 0.3 is 0 Å². The van der Waals surface area contributed by atoms with E-state index in [1.54, 1.807) is 18.2 Å². The topological polar surface area (TPSA) is 30.9 Å². The molecular formula is C20H23ClFNO3. The maximum Gasteiger partial charge on any atom is 0.161 e. The quantitative estimate of drug-likeness (QED) is 0.753. The maximum atomic E-state index is 13.9. The minimum atomic E-state index is -0.287. The van der Waals surface area contributed by atoms with Gasteiger partial charge in [-0.25, -0.2) is 4.39 Å². The van der Waals surface area contributed by atoms with E-state index in [1.807, 2.05) is 31.3 Å². The van der Waals surface area contributed by atoms with Crippen molar-refractivity contribution in [1.29, 1.82) is 0 Å². The van der Waals surface area contributed by atoms with Gasteiger partial charge in [0.25, 0.3) is 0 Å². The lowest BCUT2D eigenvalue weighted by Crippen LogP contribution is -2.19. The highest BCUT2D eigenvalue weighted by molar-refractivity contribution is 5.85. The van der Waals surface area contributed by atoms with Crippen LogP contribution in [0.1, 0.15) is 11.1 Å². The molecule has 140 valence electrons. The van der Waals surface area contributed by atoms with Gasteiger partial charge in [0.15, 0.2) is 11.5 Å². The largest absolute Gasteiger partial charge is 0.497 e. The molecule has 0 atom stereocenters. The summed E-state index contributed by atoms with van der Waals surface area (Å²) in [5, 5.41) is 0. The third kappa shape index (κ3) is 5.13. The molecule has 0 radical (unpaired) electrons. The highest BCUT2D eigenvalue weighted by Crippen LogP contribution is 2.31. The first kappa shape index (κ1) is 20.1. The van der Waals surface area contributed by atoms with E-state index in [0.29, 0.717) is 31.1 Å². The summed E-state index contributed by atoms with van der Waals surface area (Å²) in [6.45, 7) is 2.66. The lowest BCUT2D eigenvalue weighted by molar-refractivity contribution is 0.171. The Morgan fingerprint density at radius 2 is 1.88 bits per heavy atom. The van der Waals surface area contributed by atoms with Gasteiger partial charge in [0.2, 0.25) is 0 Å². The molecule has 0 unspecified atom stereocenters. The number of ether oxygens (including phenoxy) is 3. The van der Waals surface area contributed by atoms with Crippen LogP contribution in [0.3, 0.4) is 0 Å². The van der Waals surface area contributed by atoms with E-state index in [4.69, 9.17) is 14.2 Å². The number of hydrogen-bond acceptors (Lipinski definition) is 4. The third-order valence-electron chi connectivity index (χ3n) is 3.98. The molecule has 3 rings (SSSR count).